The molecular formula is C15H19N3O. The van der Waals surface area contributed by atoms with Gasteiger partial charge in [-0.3, -0.25) is 0 Å². The van der Waals surface area contributed by atoms with Gasteiger partial charge in [-0.1, -0.05) is 0 Å². The summed E-state index contributed by atoms with van der Waals surface area (Å²) in [6.45, 7) is 3.31. The summed E-state index contributed by atoms with van der Waals surface area (Å²) in [5.74, 6) is 1.72. The zero-order valence-electron chi connectivity index (χ0n) is 11.2. The van der Waals surface area contributed by atoms with Crippen LogP contribution in [0.15, 0.2) is 36.5 Å². The Balaban J connectivity index is 2.16. The topological polar surface area (TPSA) is 61.0 Å². The molecule has 1 aromatic carbocycles. The molecule has 2 N–H and O–H groups in total. The van der Waals surface area contributed by atoms with E-state index in [0.717, 1.165) is 35.7 Å². The fraction of sp³-hybridized carbons (Fsp3) is 0.333. The number of rotatable bonds is 6. The summed E-state index contributed by atoms with van der Waals surface area (Å²) >= 11 is 0. The lowest BCUT2D eigenvalue weighted by atomic mass is 10.1. The van der Waals surface area contributed by atoms with Gasteiger partial charge in [0.2, 0.25) is 0 Å². The van der Waals surface area contributed by atoms with Crippen LogP contribution in [0.5, 0.6) is 5.75 Å². The van der Waals surface area contributed by atoms with Crippen LogP contribution in [0.2, 0.25) is 0 Å². The van der Waals surface area contributed by atoms with Crippen LogP contribution in [0.25, 0.3) is 11.3 Å². The van der Waals surface area contributed by atoms with Gasteiger partial charge >= 0.3 is 0 Å². The van der Waals surface area contributed by atoms with Gasteiger partial charge in [0.1, 0.15) is 11.6 Å². The molecule has 19 heavy (non-hydrogen) atoms. The summed E-state index contributed by atoms with van der Waals surface area (Å²) in [4.78, 5) is 8.81. The van der Waals surface area contributed by atoms with Crippen LogP contribution in [-0.4, -0.2) is 23.1 Å². The van der Waals surface area contributed by atoms with Crippen molar-refractivity contribution in [1.82, 2.24) is 9.97 Å². The Morgan fingerprint density at radius 1 is 1.16 bits per heavy atom. The molecule has 0 bridgehead atoms. The molecule has 0 amide bonds. The maximum Gasteiger partial charge on any atom is 0.128 e. The van der Waals surface area contributed by atoms with Crippen LogP contribution in [0.4, 0.5) is 0 Å². The average Bonchev–Trinajstić information content (AvgIpc) is 2.46. The molecule has 4 heteroatoms. The highest BCUT2D eigenvalue weighted by atomic mass is 16.5. The van der Waals surface area contributed by atoms with Gasteiger partial charge in [0.25, 0.3) is 0 Å². The fourth-order valence-corrected chi connectivity index (χ4v) is 1.83. The molecule has 0 unspecified atom stereocenters. The van der Waals surface area contributed by atoms with Crippen LogP contribution in [-0.2, 0) is 6.42 Å². The Morgan fingerprint density at radius 2 is 1.95 bits per heavy atom. The van der Waals surface area contributed by atoms with E-state index in [9.17, 15) is 0 Å². The summed E-state index contributed by atoms with van der Waals surface area (Å²) in [6, 6.07) is 9.86. The predicted molar refractivity (Wildman–Crippen MR) is 76.0 cm³/mol. The van der Waals surface area contributed by atoms with Crippen molar-refractivity contribution in [2.24, 2.45) is 5.73 Å². The molecule has 2 rings (SSSR count). The predicted octanol–water partition coefficient (Wildman–Crippen LogP) is 2.43. The van der Waals surface area contributed by atoms with E-state index >= 15 is 0 Å². The number of aromatic nitrogens is 2. The van der Waals surface area contributed by atoms with Gasteiger partial charge in [0.15, 0.2) is 0 Å². The second-order valence-electron chi connectivity index (χ2n) is 4.21. The Morgan fingerprint density at radius 3 is 2.63 bits per heavy atom. The lowest BCUT2D eigenvalue weighted by Gasteiger charge is -2.06. The molecule has 0 saturated heterocycles. The number of hydrogen-bond donors (Lipinski definition) is 1. The van der Waals surface area contributed by atoms with Crippen LogP contribution >= 0.6 is 0 Å². The minimum absolute atomic E-state index is 0.663. The van der Waals surface area contributed by atoms with Crippen molar-refractivity contribution >= 4 is 0 Å². The Hall–Kier alpha value is -1.94. The number of hydrogen-bond acceptors (Lipinski definition) is 4. The molecular weight excluding hydrogens is 238 g/mol. The molecule has 1 aromatic heterocycles. The monoisotopic (exact) mass is 257 g/mol. The van der Waals surface area contributed by atoms with Crippen molar-refractivity contribution in [3.05, 3.63) is 42.4 Å². The summed E-state index contributed by atoms with van der Waals surface area (Å²) in [6.07, 6.45) is 3.53. The third kappa shape index (κ3) is 3.76. The summed E-state index contributed by atoms with van der Waals surface area (Å²) in [5, 5.41) is 0. The zero-order chi connectivity index (χ0) is 13.5. The first-order chi connectivity index (χ1) is 9.33. The summed E-state index contributed by atoms with van der Waals surface area (Å²) in [7, 11) is 0. The van der Waals surface area contributed by atoms with Crippen LogP contribution in [0.3, 0.4) is 0 Å². The quantitative estimate of drug-likeness (QED) is 0.863. The zero-order valence-corrected chi connectivity index (χ0v) is 11.2. The van der Waals surface area contributed by atoms with Gasteiger partial charge in [-0.15, -0.1) is 0 Å². The van der Waals surface area contributed by atoms with Crippen molar-refractivity contribution in [2.45, 2.75) is 19.8 Å². The number of benzene rings is 1. The lowest BCUT2D eigenvalue weighted by Crippen LogP contribution is -2.03. The number of nitrogens with two attached hydrogens (primary N) is 1. The Labute approximate surface area is 113 Å². The van der Waals surface area contributed by atoms with Gasteiger partial charge < -0.3 is 10.5 Å². The van der Waals surface area contributed by atoms with Gasteiger partial charge in [-0.2, -0.15) is 0 Å². The van der Waals surface area contributed by atoms with E-state index in [2.05, 4.69) is 9.97 Å². The van der Waals surface area contributed by atoms with Crippen molar-refractivity contribution in [1.29, 1.82) is 0 Å². The minimum Gasteiger partial charge on any atom is -0.494 e. The van der Waals surface area contributed by atoms with Crippen LogP contribution in [0, 0.1) is 0 Å². The van der Waals surface area contributed by atoms with E-state index in [4.69, 9.17) is 10.5 Å². The van der Waals surface area contributed by atoms with Crippen molar-refractivity contribution < 1.29 is 4.74 Å². The van der Waals surface area contributed by atoms with Crippen LogP contribution < -0.4 is 10.5 Å². The molecule has 0 aliphatic heterocycles. The first-order valence-corrected chi connectivity index (χ1v) is 6.58. The van der Waals surface area contributed by atoms with Crippen molar-refractivity contribution in [3.63, 3.8) is 0 Å². The fourth-order valence-electron chi connectivity index (χ4n) is 1.83. The molecule has 0 radical (unpaired) electrons. The number of ether oxygens (including phenoxy) is 1. The van der Waals surface area contributed by atoms with Crippen LogP contribution in [0.1, 0.15) is 19.2 Å². The number of nitrogens with zero attached hydrogens (tertiary/aromatic N) is 2. The summed E-state index contributed by atoms with van der Waals surface area (Å²) < 4.78 is 5.43. The van der Waals surface area contributed by atoms with Gasteiger partial charge in [-0.05, 0) is 50.2 Å². The van der Waals surface area contributed by atoms with Gasteiger partial charge in [0.05, 0.1) is 12.3 Å². The molecule has 1 heterocycles. The SMILES string of the molecule is CCOc1ccc(-c2ccnc(CCCN)n2)cc1. The summed E-state index contributed by atoms with van der Waals surface area (Å²) in [5.41, 5.74) is 7.51. The molecule has 0 aliphatic carbocycles. The second-order valence-corrected chi connectivity index (χ2v) is 4.21. The van der Waals surface area contributed by atoms with Crippen molar-refractivity contribution in [3.8, 4) is 17.0 Å². The van der Waals surface area contributed by atoms with Gasteiger partial charge in [-0.25, -0.2) is 9.97 Å². The van der Waals surface area contributed by atoms with Crippen molar-refractivity contribution in [2.75, 3.05) is 13.2 Å². The largest absolute Gasteiger partial charge is 0.494 e. The van der Waals surface area contributed by atoms with E-state index in [-0.39, 0.29) is 0 Å². The maximum absolute atomic E-state index is 5.50. The van der Waals surface area contributed by atoms with E-state index in [1.165, 1.54) is 0 Å². The Kier molecular flexibility index (Phi) is 4.86. The minimum atomic E-state index is 0.663. The number of aryl methyl sites for hydroxylation is 1. The molecule has 0 fully saturated rings. The normalized spacial score (nSPS) is 10.4. The molecule has 100 valence electrons. The molecule has 0 saturated carbocycles. The second kappa shape index (κ2) is 6.85. The Bertz CT molecular complexity index is 511. The molecule has 4 nitrogen and oxygen atoms in total. The molecule has 0 aliphatic rings. The first-order valence-electron chi connectivity index (χ1n) is 6.58. The first kappa shape index (κ1) is 13.5. The van der Waals surface area contributed by atoms with Gasteiger partial charge in [0, 0.05) is 18.2 Å². The highest BCUT2D eigenvalue weighted by Crippen LogP contribution is 2.20. The van der Waals surface area contributed by atoms with E-state index < -0.39 is 0 Å². The highest BCUT2D eigenvalue weighted by molar-refractivity contribution is 5.59. The maximum atomic E-state index is 5.50. The third-order valence-corrected chi connectivity index (χ3v) is 2.77. The molecule has 0 atom stereocenters. The lowest BCUT2D eigenvalue weighted by molar-refractivity contribution is 0.340. The standard InChI is InChI=1S/C15H19N3O/c1-2-19-13-7-5-12(6-8-13)14-9-11-17-15(18-14)4-3-10-16/h5-9,11H,2-4,10,16H2,1H3. The van der Waals surface area contributed by atoms with E-state index in [0.29, 0.717) is 13.2 Å². The highest BCUT2D eigenvalue weighted by Gasteiger charge is 2.02. The molecule has 2 aromatic rings. The smallest absolute Gasteiger partial charge is 0.128 e. The van der Waals surface area contributed by atoms with E-state index in [1.807, 2.05) is 37.3 Å². The van der Waals surface area contributed by atoms with E-state index in [1.54, 1.807) is 6.20 Å². The molecule has 0 spiro atoms. The average molecular weight is 257 g/mol. The third-order valence-electron chi connectivity index (χ3n) is 2.77.